The molecule has 1 atom stereocenters. The van der Waals surface area contributed by atoms with Crippen LogP contribution in [0.5, 0.6) is 5.75 Å². The number of likely N-dealkylation sites (tertiary alicyclic amines) is 1. The van der Waals surface area contributed by atoms with Crippen LogP contribution in [-0.4, -0.2) is 39.1 Å². The molecule has 0 bridgehead atoms. The number of fused-ring (bicyclic) bond motifs is 2. The van der Waals surface area contributed by atoms with Crippen LogP contribution in [0.25, 0.3) is 15.7 Å². The second kappa shape index (κ2) is 11.8. The Kier molecular flexibility index (Phi) is 7.66. The standard InChI is InChI=1S/C35H33ClN4O3S/c1-21-33(22(2)43-38-21)37-35(42)29-19-40(20-31-32(36)27-7-3-4-8-30(27)44-31)34(28-17-25(41)13-14-26(28)29)24-11-9-23(10-12-24)18-39-15-5-6-16-39/h3-4,7-14,17,19,34,41H,5-6,15-16,18,20H2,1-2H3,(H,37,42). The lowest BCUT2D eigenvalue weighted by Gasteiger charge is -2.37. The number of carbonyl (C=O) groups excluding carboxylic acids is 1. The number of aromatic nitrogens is 1. The molecule has 0 spiro atoms. The number of aryl methyl sites for hydroxylation is 2. The van der Waals surface area contributed by atoms with Gasteiger partial charge in [-0.3, -0.25) is 9.69 Å². The molecule has 44 heavy (non-hydrogen) atoms. The third-order valence-electron chi connectivity index (χ3n) is 8.59. The Bertz CT molecular complexity index is 1870. The number of amides is 1. The highest BCUT2D eigenvalue weighted by Crippen LogP contribution is 2.44. The van der Waals surface area contributed by atoms with E-state index >= 15 is 0 Å². The van der Waals surface area contributed by atoms with Crippen molar-refractivity contribution < 1.29 is 14.4 Å². The molecule has 7 rings (SSSR count). The van der Waals surface area contributed by atoms with Gasteiger partial charge in [0.2, 0.25) is 0 Å². The van der Waals surface area contributed by atoms with Crippen LogP contribution in [0.2, 0.25) is 5.02 Å². The van der Waals surface area contributed by atoms with Gasteiger partial charge in [-0.1, -0.05) is 65.3 Å². The number of phenols is 1. The van der Waals surface area contributed by atoms with E-state index in [1.165, 1.54) is 18.4 Å². The first-order valence-electron chi connectivity index (χ1n) is 14.9. The number of nitrogens with one attached hydrogen (secondary N) is 1. The first-order valence-corrected chi connectivity index (χ1v) is 16.1. The van der Waals surface area contributed by atoms with Crippen LogP contribution in [0.4, 0.5) is 5.69 Å². The first-order chi connectivity index (χ1) is 21.4. The number of benzene rings is 3. The van der Waals surface area contributed by atoms with Crippen LogP contribution in [0.1, 0.15) is 57.5 Å². The van der Waals surface area contributed by atoms with Gasteiger partial charge in [-0.15, -0.1) is 11.3 Å². The van der Waals surface area contributed by atoms with Gasteiger partial charge >= 0.3 is 0 Å². The van der Waals surface area contributed by atoms with Gasteiger partial charge in [0, 0.05) is 27.7 Å². The summed E-state index contributed by atoms with van der Waals surface area (Å²) < 4.78 is 6.41. The van der Waals surface area contributed by atoms with E-state index in [-0.39, 0.29) is 17.7 Å². The van der Waals surface area contributed by atoms with Gasteiger partial charge in [0.25, 0.3) is 5.91 Å². The number of carbonyl (C=O) groups is 1. The molecule has 0 aliphatic carbocycles. The van der Waals surface area contributed by atoms with Crippen molar-refractivity contribution in [1.29, 1.82) is 0 Å². The number of halogens is 1. The van der Waals surface area contributed by atoms with Crippen molar-refractivity contribution in [1.82, 2.24) is 15.0 Å². The van der Waals surface area contributed by atoms with Crippen LogP contribution in [0, 0.1) is 13.8 Å². The minimum absolute atomic E-state index is 0.145. The van der Waals surface area contributed by atoms with Gasteiger partial charge in [-0.05, 0) is 80.2 Å². The predicted octanol–water partition coefficient (Wildman–Crippen LogP) is 8.05. The third kappa shape index (κ3) is 5.38. The normalized spacial score (nSPS) is 16.8. The molecule has 3 aromatic carbocycles. The Morgan fingerprint density at radius 1 is 1.07 bits per heavy atom. The fraction of sp³-hybridized carbons (Fsp3) is 0.257. The largest absolute Gasteiger partial charge is 0.508 e. The molecular formula is C35H33ClN4O3S. The predicted molar refractivity (Wildman–Crippen MR) is 176 cm³/mol. The molecule has 5 aromatic rings. The summed E-state index contributed by atoms with van der Waals surface area (Å²) in [6, 6.07) is 21.8. The number of anilines is 1. The maximum absolute atomic E-state index is 13.9. The van der Waals surface area contributed by atoms with Gasteiger partial charge in [0.05, 0.1) is 23.2 Å². The maximum Gasteiger partial charge on any atom is 0.257 e. The van der Waals surface area contributed by atoms with Gasteiger partial charge < -0.3 is 19.8 Å². The summed E-state index contributed by atoms with van der Waals surface area (Å²) in [5.41, 5.74) is 5.61. The maximum atomic E-state index is 13.9. The minimum atomic E-state index is -0.279. The van der Waals surface area contributed by atoms with Gasteiger partial charge in [-0.2, -0.15) is 0 Å². The van der Waals surface area contributed by atoms with Crippen LogP contribution < -0.4 is 5.32 Å². The van der Waals surface area contributed by atoms with Crippen LogP contribution >= 0.6 is 22.9 Å². The quantitative estimate of drug-likeness (QED) is 0.191. The second-order valence-electron chi connectivity index (χ2n) is 11.6. The average molecular weight is 625 g/mol. The zero-order chi connectivity index (χ0) is 30.4. The molecule has 224 valence electrons. The Balaban J connectivity index is 1.31. The Hall–Kier alpha value is -4.11. The molecule has 7 nitrogen and oxygen atoms in total. The van der Waals surface area contributed by atoms with Crippen molar-refractivity contribution in [2.45, 2.75) is 45.8 Å². The molecule has 9 heteroatoms. The molecule has 2 aliphatic heterocycles. The lowest BCUT2D eigenvalue weighted by atomic mass is 9.86. The van der Waals surface area contributed by atoms with E-state index in [2.05, 4.69) is 50.6 Å². The molecule has 2 aliphatic rings. The first kappa shape index (κ1) is 28.6. The Morgan fingerprint density at radius 3 is 2.57 bits per heavy atom. The number of phenolic OH excluding ortho intramolecular Hbond substituents is 1. The summed E-state index contributed by atoms with van der Waals surface area (Å²) >= 11 is 8.61. The number of hydrogen-bond acceptors (Lipinski definition) is 7. The van der Waals surface area contributed by atoms with Crippen molar-refractivity contribution in [2.75, 3.05) is 18.4 Å². The summed E-state index contributed by atoms with van der Waals surface area (Å²) in [5, 5.41) is 19.4. The molecule has 0 radical (unpaired) electrons. The van der Waals surface area contributed by atoms with E-state index in [0.717, 1.165) is 56.3 Å². The van der Waals surface area contributed by atoms with E-state index in [1.54, 1.807) is 37.3 Å². The molecule has 1 saturated heterocycles. The monoisotopic (exact) mass is 624 g/mol. The molecule has 0 saturated carbocycles. The minimum Gasteiger partial charge on any atom is -0.508 e. The topological polar surface area (TPSA) is 81.8 Å². The summed E-state index contributed by atoms with van der Waals surface area (Å²) in [4.78, 5) is 19.6. The highest BCUT2D eigenvalue weighted by Gasteiger charge is 2.33. The highest BCUT2D eigenvalue weighted by molar-refractivity contribution is 7.19. The van der Waals surface area contributed by atoms with E-state index in [9.17, 15) is 9.90 Å². The van der Waals surface area contributed by atoms with Crippen molar-refractivity contribution in [3.05, 3.63) is 117 Å². The fourth-order valence-corrected chi connectivity index (χ4v) is 7.88. The molecule has 1 fully saturated rings. The second-order valence-corrected chi connectivity index (χ2v) is 13.1. The Labute approximate surface area is 265 Å². The van der Waals surface area contributed by atoms with Crippen molar-refractivity contribution in [3.8, 4) is 5.75 Å². The molecular weight excluding hydrogens is 592 g/mol. The number of nitrogens with zero attached hydrogens (tertiary/aromatic N) is 3. The summed E-state index contributed by atoms with van der Waals surface area (Å²) in [5.74, 6) is 0.406. The smallest absolute Gasteiger partial charge is 0.257 e. The number of aromatic hydroxyl groups is 1. The van der Waals surface area contributed by atoms with E-state index in [1.807, 2.05) is 30.5 Å². The highest BCUT2D eigenvalue weighted by atomic mass is 35.5. The molecule has 4 heterocycles. The lowest BCUT2D eigenvalue weighted by Crippen LogP contribution is -2.31. The van der Waals surface area contributed by atoms with Crippen molar-refractivity contribution >= 4 is 50.2 Å². The van der Waals surface area contributed by atoms with Crippen molar-refractivity contribution in [2.24, 2.45) is 0 Å². The molecule has 2 N–H and O–H groups in total. The summed E-state index contributed by atoms with van der Waals surface area (Å²) in [6.45, 7) is 7.28. The number of rotatable bonds is 7. The SMILES string of the molecule is Cc1noc(C)c1NC(=O)C1=CN(Cc2sc3ccccc3c2Cl)C(c2ccc(CN3CCCC3)cc2)c2cc(O)ccc21. The van der Waals surface area contributed by atoms with Crippen molar-refractivity contribution in [3.63, 3.8) is 0 Å². The van der Waals surface area contributed by atoms with E-state index in [4.69, 9.17) is 16.1 Å². The Morgan fingerprint density at radius 2 is 1.84 bits per heavy atom. The summed E-state index contributed by atoms with van der Waals surface area (Å²) in [6.07, 6.45) is 4.44. The van der Waals surface area contributed by atoms with Gasteiger partial charge in [0.15, 0.2) is 5.76 Å². The van der Waals surface area contributed by atoms with Crippen LogP contribution in [0.15, 0.2) is 77.5 Å². The number of thiophene rings is 1. The average Bonchev–Trinajstić information content (AvgIpc) is 3.73. The van der Waals surface area contributed by atoms with Crippen LogP contribution in [-0.2, 0) is 17.9 Å². The third-order valence-corrected chi connectivity index (χ3v) is 10.3. The summed E-state index contributed by atoms with van der Waals surface area (Å²) in [7, 11) is 0. The fourth-order valence-electron chi connectivity index (χ4n) is 6.38. The molecule has 1 unspecified atom stereocenters. The van der Waals surface area contributed by atoms with E-state index in [0.29, 0.717) is 29.3 Å². The zero-order valence-corrected chi connectivity index (χ0v) is 26.2. The van der Waals surface area contributed by atoms with E-state index < -0.39 is 0 Å². The number of hydrogen-bond donors (Lipinski definition) is 2. The zero-order valence-electron chi connectivity index (χ0n) is 24.6. The lowest BCUT2D eigenvalue weighted by molar-refractivity contribution is -0.111. The van der Waals surface area contributed by atoms with Crippen LogP contribution in [0.3, 0.4) is 0 Å². The van der Waals surface area contributed by atoms with Gasteiger partial charge in [0.1, 0.15) is 17.1 Å². The molecule has 1 amide bonds. The van der Waals surface area contributed by atoms with Gasteiger partial charge in [-0.25, -0.2) is 0 Å². The molecule has 2 aromatic heterocycles.